The molecular weight excluding hydrogens is 486 g/mol. The summed E-state index contributed by atoms with van der Waals surface area (Å²) < 4.78 is 139. The maximum absolute atomic E-state index is 14.3. The Bertz CT molecular complexity index is 1300. The van der Waals surface area contributed by atoms with Crippen molar-refractivity contribution in [1.82, 2.24) is 0 Å². The molecule has 34 heavy (non-hydrogen) atoms. The van der Waals surface area contributed by atoms with Crippen LogP contribution >= 0.6 is 0 Å². The van der Waals surface area contributed by atoms with E-state index in [1.54, 1.807) is 0 Å². The minimum absolute atomic E-state index is 0.324. The number of nitriles is 2. The number of halogens is 10. The molecule has 4 nitrogen and oxygen atoms in total. The van der Waals surface area contributed by atoms with E-state index in [1.807, 2.05) is 0 Å². The summed E-state index contributed by atoms with van der Waals surface area (Å²) in [5.41, 5.74) is -7.50. The van der Waals surface area contributed by atoms with Crippen molar-refractivity contribution in [2.24, 2.45) is 9.98 Å². The molecule has 172 valence electrons. The third kappa shape index (κ3) is 3.59. The molecule has 0 fully saturated rings. The molecule has 1 aliphatic carbocycles. The van der Waals surface area contributed by atoms with E-state index in [1.165, 1.54) is 0 Å². The summed E-state index contributed by atoms with van der Waals surface area (Å²) in [5.74, 6) is -24.3. The molecule has 0 saturated carbocycles. The van der Waals surface area contributed by atoms with Crippen LogP contribution in [0.25, 0.3) is 11.1 Å². The van der Waals surface area contributed by atoms with Gasteiger partial charge in [-0.15, -0.1) is 0 Å². The minimum Gasteiger partial charge on any atom is -0.203 e. The van der Waals surface area contributed by atoms with Crippen LogP contribution in [0.5, 0.6) is 0 Å². The van der Waals surface area contributed by atoms with Gasteiger partial charge in [0, 0.05) is 11.1 Å². The summed E-state index contributed by atoms with van der Waals surface area (Å²) in [6.07, 6.45) is 2.83. The van der Waals surface area contributed by atoms with Crippen LogP contribution in [0.1, 0.15) is 11.1 Å². The van der Waals surface area contributed by atoms with Gasteiger partial charge >= 0.3 is 0 Å². The second-order valence-corrected chi connectivity index (χ2v) is 6.20. The highest BCUT2D eigenvalue weighted by atomic mass is 19.2. The van der Waals surface area contributed by atoms with E-state index in [0.29, 0.717) is 12.2 Å². The van der Waals surface area contributed by atoms with Crippen LogP contribution in [-0.4, -0.2) is 11.4 Å². The SMILES string of the molecule is N#C/N=C1C=C(c2c(F)c(F)c(F)c(F)c2F)/C(=N\C#N)C=C/1c1c(F)c(F)c(F)c(F)c1F. The first-order valence-corrected chi connectivity index (χ1v) is 8.39. The average Bonchev–Trinajstić information content (AvgIpc) is 2.81. The third-order valence-corrected chi connectivity index (χ3v) is 4.41. The van der Waals surface area contributed by atoms with Gasteiger partial charge in [-0.3, -0.25) is 0 Å². The second kappa shape index (κ2) is 8.82. The van der Waals surface area contributed by atoms with Crippen molar-refractivity contribution in [3.05, 3.63) is 81.5 Å². The summed E-state index contributed by atoms with van der Waals surface area (Å²) in [6, 6.07) is 0. The second-order valence-electron chi connectivity index (χ2n) is 6.20. The van der Waals surface area contributed by atoms with Gasteiger partial charge in [-0.2, -0.15) is 20.5 Å². The van der Waals surface area contributed by atoms with E-state index < -0.39 is 91.9 Å². The Morgan fingerprint density at radius 1 is 0.441 bits per heavy atom. The van der Waals surface area contributed by atoms with Crippen LogP contribution in [0.3, 0.4) is 0 Å². The maximum Gasteiger partial charge on any atom is 0.206 e. The van der Waals surface area contributed by atoms with E-state index in [9.17, 15) is 43.9 Å². The zero-order valence-electron chi connectivity index (χ0n) is 15.7. The van der Waals surface area contributed by atoms with Crippen LogP contribution in [0.15, 0.2) is 22.1 Å². The largest absolute Gasteiger partial charge is 0.206 e. The van der Waals surface area contributed by atoms with Crippen molar-refractivity contribution in [3.63, 3.8) is 0 Å². The molecule has 2 aromatic rings. The molecule has 1 aliphatic rings. The van der Waals surface area contributed by atoms with Crippen molar-refractivity contribution < 1.29 is 43.9 Å². The molecule has 0 spiro atoms. The van der Waals surface area contributed by atoms with Gasteiger partial charge in [-0.05, 0) is 12.2 Å². The minimum atomic E-state index is -2.53. The van der Waals surface area contributed by atoms with Crippen molar-refractivity contribution in [3.8, 4) is 12.4 Å². The lowest BCUT2D eigenvalue weighted by Gasteiger charge is -2.19. The van der Waals surface area contributed by atoms with Crippen molar-refractivity contribution in [2.45, 2.75) is 0 Å². The lowest BCUT2D eigenvalue weighted by atomic mass is 9.86. The Morgan fingerprint density at radius 3 is 0.912 bits per heavy atom. The van der Waals surface area contributed by atoms with Gasteiger partial charge in [-0.1, -0.05) is 0 Å². The van der Waals surface area contributed by atoms with Crippen molar-refractivity contribution >= 4 is 22.6 Å². The molecule has 0 aromatic heterocycles. The summed E-state index contributed by atoms with van der Waals surface area (Å²) in [6.45, 7) is 0. The van der Waals surface area contributed by atoms with Crippen molar-refractivity contribution in [2.75, 3.05) is 0 Å². The van der Waals surface area contributed by atoms with Gasteiger partial charge in [0.2, 0.25) is 24.0 Å². The fourth-order valence-corrected chi connectivity index (χ4v) is 2.95. The van der Waals surface area contributed by atoms with Gasteiger partial charge in [0.05, 0.1) is 22.6 Å². The monoisotopic (exact) mass is 488 g/mol. The summed E-state index contributed by atoms with van der Waals surface area (Å²) in [5, 5.41) is 17.7. The quantitative estimate of drug-likeness (QED) is 0.187. The molecule has 14 heteroatoms. The van der Waals surface area contributed by atoms with Crippen molar-refractivity contribution in [1.29, 1.82) is 10.5 Å². The summed E-state index contributed by atoms with van der Waals surface area (Å²) in [7, 11) is 0. The number of allylic oxidation sites excluding steroid dienone is 4. The van der Waals surface area contributed by atoms with Gasteiger partial charge in [0.15, 0.2) is 46.5 Å². The number of rotatable bonds is 2. The molecule has 0 atom stereocenters. The Hall–Kier alpha value is -4.46. The molecule has 3 rings (SSSR count). The first-order chi connectivity index (χ1) is 16.0. The lowest BCUT2D eigenvalue weighted by molar-refractivity contribution is 0.376. The fourth-order valence-electron chi connectivity index (χ4n) is 2.95. The number of benzene rings is 2. The molecular formula is C20H2F10N4. The van der Waals surface area contributed by atoms with E-state index in [-0.39, 0.29) is 0 Å². The first-order valence-electron chi connectivity index (χ1n) is 8.39. The average molecular weight is 488 g/mol. The molecule has 0 heterocycles. The number of aliphatic imine (C=N–C) groups is 2. The van der Waals surface area contributed by atoms with Crippen LogP contribution in [0, 0.1) is 81.1 Å². The van der Waals surface area contributed by atoms with Gasteiger partial charge < -0.3 is 0 Å². The van der Waals surface area contributed by atoms with Crippen LogP contribution < -0.4 is 0 Å². The highest BCUT2D eigenvalue weighted by Crippen LogP contribution is 2.36. The van der Waals surface area contributed by atoms with Crippen LogP contribution in [0.2, 0.25) is 0 Å². The third-order valence-electron chi connectivity index (χ3n) is 4.41. The molecule has 0 aliphatic heterocycles. The van der Waals surface area contributed by atoms with Gasteiger partial charge in [0.25, 0.3) is 0 Å². The highest BCUT2D eigenvalue weighted by Gasteiger charge is 2.34. The number of nitrogens with zero attached hydrogens (tertiary/aromatic N) is 4. The number of hydrogen-bond acceptors (Lipinski definition) is 4. The smallest absolute Gasteiger partial charge is 0.203 e. The predicted molar refractivity (Wildman–Crippen MR) is 94.5 cm³/mol. The Labute approximate surface area is 181 Å². The molecule has 0 saturated heterocycles. The van der Waals surface area contributed by atoms with E-state index in [2.05, 4.69) is 9.98 Å². The zero-order chi connectivity index (χ0) is 25.5. The molecule has 0 unspecified atom stereocenters. The van der Waals surface area contributed by atoms with E-state index >= 15 is 0 Å². The molecule has 0 bridgehead atoms. The highest BCUT2D eigenvalue weighted by molar-refractivity contribution is 6.47. The predicted octanol–water partition coefficient (Wildman–Crippen LogP) is 5.40. The van der Waals surface area contributed by atoms with Gasteiger partial charge in [-0.25, -0.2) is 43.9 Å². The fraction of sp³-hybridized carbons (Fsp3) is 0. The Balaban J connectivity index is 2.42. The Morgan fingerprint density at radius 2 is 0.676 bits per heavy atom. The Kier molecular flexibility index (Phi) is 6.27. The van der Waals surface area contributed by atoms with Gasteiger partial charge in [0.1, 0.15) is 0 Å². The molecule has 0 amide bonds. The molecule has 0 N–H and O–H groups in total. The first kappa shape index (κ1) is 24.2. The van der Waals surface area contributed by atoms with E-state index in [4.69, 9.17) is 10.5 Å². The van der Waals surface area contributed by atoms with Crippen LogP contribution in [-0.2, 0) is 0 Å². The topological polar surface area (TPSA) is 72.3 Å². The lowest BCUT2D eigenvalue weighted by Crippen LogP contribution is -2.18. The number of hydrogen-bond donors (Lipinski definition) is 0. The maximum atomic E-state index is 14.3. The molecule has 2 aromatic carbocycles. The summed E-state index contributed by atoms with van der Waals surface area (Å²) in [4.78, 5) is 6.12. The normalized spacial score (nSPS) is 15.8. The summed E-state index contributed by atoms with van der Waals surface area (Å²) >= 11 is 0. The zero-order valence-corrected chi connectivity index (χ0v) is 15.7. The van der Waals surface area contributed by atoms with E-state index in [0.717, 1.165) is 12.4 Å². The molecule has 0 radical (unpaired) electrons. The standard InChI is InChI=1S/C20H2F10N4/c21-11-9(12(22)16(26)19(29)15(11)25)5-1-7(33-3-31)6(2-8(5)34-4-32)10-13(23)17(27)20(30)18(28)14(10)24/h1-2H/b33-7-,34-8-. The van der Waals surface area contributed by atoms with Crippen LogP contribution in [0.4, 0.5) is 43.9 Å².